The average molecular weight is 359 g/mol. The molecule has 0 fully saturated rings. The van der Waals surface area contributed by atoms with Gasteiger partial charge in [0.1, 0.15) is 0 Å². The Hall–Kier alpha value is -2.41. The number of thiazole rings is 1. The van der Waals surface area contributed by atoms with Crippen LogP contribution in [0.5, 0.6) is 0 Å². The SMILES string of the molecule is CN=C(NCCc1ncc(C)s1)NCC(=O)NCCc1ccccc1. The summed E-state index contributed by atoms with van der Waals surface area (Å²) in [5.41, 5.74) is 1.21. The molecule has 0 aliphatic heterocycles. The van der Waals surface area contributed by atoms with Gasteiger partial charge in [0.2, 0.25) is 5.91 Å². The van der Waals surface area contributed by atoms with Gasteiger partial charge in [-0.3, -0.25) is 9.79 Å². The second kappa shape index (κ2) is 10.5. The van der Waals surface area contributed by atoms with E-state index in [1.165, 1.54) is 10.4 Å². The fourth-order valence-corrected chi connectivity index (χ4v) is 3.03. The third kappa shape index (κ3) is 7.34. The van der Waals surface area contributed by atoms with Gasteiger partial charge in [0.25, 0.3) is 0 Å². The fraction of sp³-hybridized carbons (Fsp3) is 0.389. The van der Waals surface area contributed by atoms with Gasteiger partial charge in [0.15, 0.2) is 5.96 Å². The Morgan fingerprint density at radius 1 is 1.12 bits per heavy atom. The van der Waals surface area contributed by atoms with Gasteiger partial charge < -0.3 is 16.0 Å². The zero-order valence-electron chi connectivity index (χ0n) is 14.7. The van der Waals surface area contributed by atoms with E-state index in [-0.39, 0.29) is 12.5 Å². The summed E-state index contributed by atoms with van der Waals surface area (Å²) in [6.45, 7) is 3.60. The lowest BCUT2D eigenvalue weighted by Gasteiger charge is -2.11. The Bertz CT molecular complexity index is 684. The summed E-state index contributed by atoms with van der Waals surface area (Å²) in [4.78, 5) is 21.5. The number of carbonyl (C=O) groups is 1. The summed E-state index contributed by atoms with van der Waals surface area (Å²) in [6, 6.07) is 10.1. The molecule has 0 saturated heterocycles. The molecule has 0 spiro atoms. The number of nitrogens with one attached hydrogen (secondary N) is 3. The van der Waals surface area contributed by atoms with E-state index in [1.54, 1.807) is 18.4 Å². The van der Waals surface area contributed by atoms with Gasteiger partial charge in [-0.1, -0.05) is 30.3 Å². The summed E-state index contributed by atoms with van der Waals surface area (Å²) in [5.74, 6) is 0.570. The largest absolute Gasteiger partial charge is 0.356 e. The molecular formula is C18H25N5OS. The van der Waals surface area contributed by atoms with Crippen LogP contribution in [0, 0.1) is 6.92 Å². The molecule has 3 N–H and O–H groups in total. The molecule has 25 heavy (non-hydrogen) atoms. The second-order valence-electron chi connectivity index (χ2n) is 5.55. The lowest BCUT2D eigenvalue weighted by atomic mass is 10.1. The van der Waals surface area contributed by atoms with Crippen molar-refractivity contribution in [2.75, 3.05) is 26.7 Å². The van der Waals surface area contributed by atoms with Gasteiger partial charge in [-0.05, 0) is 18.9 Å². The first-order valence-corrected chi connectivity index (χ1v) is 9.15. The summed E-state index contributed by atoms with van der Waals surface area (Å²) in [7, 11) is 1.69. The molecule has 134 valence electrons. The maximum Gasteiger partial charge on any atom is 0.239 e. The van der Waals surface area contributed by atoms with Crippen LogP contribution in [0.3, 0.4) is 0 Å². The van der Waals surface area contributed by atoms with Gasteiger partial charge >= 0.3 is 0 Å². The van der Waals surface area contributed by atoms with Crippen molar-refractivity contribution in [2.45, 2.75) is 19.8 Å². The van der Waals surface area contributed by atoms with E-state index in [1.807, 2.05) is 31.3 Å². The third-order valence-corrected chi connectivity index (χ3v) is 4.49. The second-order valence-corrected chi connectivity index (χ2v) is 6.87. The molecule has 6 nitrogen and oxygen atoms in total. The Kier molecular flexibility index (Phi) is 7.91. The van der Waals surface area contributed by atoms with Gasteiger partial charge in [0.05, 0.1) is 11.6 Å². The number of aryl methyl sites for hydroxylation is 1. The molecule has 0 aliphatic rings. The summed E-state index contributed by atoms with van der Waals surface area (Å²) in [6.07, 6.45) is 3.54. The van der Waals surface area contributed by atoms with Crippen molar-refractivity contribution < 1.29 is 4.79 Å². The number of nitrogens with zero attached hydrogens (tertiary/aromatic N) is 2. The number of guanidine groups is 1. The molecule has 0 aliphatic carbocycles. The molecule has 7 heteroatoms. The number of aromatic nitrogens is 1. The molecular weight excluding hydrogens is 334 g/mol. The predicted molar refractivity (Wildman–Crippen MR) is 103 cm³/mol. The predicted octanol–water partition coefficient (Wildman–Crippen LogP) is 1.52. The number of hydrogen-bond donors (Lipinski definition) is 3. The minimum absolute atomic E-state index is 0.0468. The van der Waals surface area contributed by atoms with Crippen LogP contribution in [0.2, 0.25) is 0 Å². The normalized spacial score (nSPS) is 11.2. The minimum Gasteiger partial charge on any atom is -0.356 e. The van der Waals surface area contributed by atoms with Crippen molar-refractivity contribution in [3.05, 3.63) is 52.0 Å². The van der Waals surface area contributed by atoms with Gasteiger partial charge in [-0.25, -0.2) is 4.98 Å². The lowest BCUT2D eigenvalue weighted by molar-refractivity contribution is -0.119. The van der Waals surface area contributed by atoms with Crippen molar-refractivity contribution in [3.63, 3.8) is 0 Å². The number of amides is 1. The first-order chi connectivity index (χ1) is 12.2. The van der Waals surface area contributed by atoms with Crippen LogP contribution in [0.1, 0.15) is 15.4 Å². The topological polar surface area (TPSA) is 78.4 Å². The molecule has 1 aromatic heterocycles. The highest BCUT2D eigenvalue weighted by Gasteiger charge is 2.04. The lowest BCUT2D eigenvalue weighted by Crippen LogP contribution is -2.44. The smallest absolute Gasteiger partial charge is 0.239 e. The maximum atomic E-state index is 11.9. The van der Waals surface area contributed by atoms with E-state index in [2.05, 4.69) is 38.1 Å². The van der Waals surface area contributed by atoms with Crippen molar-refractivity contribution in [1.82, 2.24) is 20.9 Å². The van der Waals surface area contributed by atoms with Crippen molar-refractivity contribution in [1.29, 1.82) is 0 Å². The van der Waals surface area contributed by atoms with Crippen LogP contribution >= 0.6 is 11.3 Å². The summed E-state index contributed by atoms with van der Waals surface area (Å²) in [5, 5.41) is 10.2. The Morgan fingerprint density at radius 3 is 2.56 bits per heavy atom. The molecule has 0 saturated carbocycles. The van der Waals surface area contributed by atoms with Gasteiger partial charge in [-0.15, -0.1) is 11.3 Å². The minimum atomic E-state index is -0.0468. The Labute approximate surface area is 152 Å². The van der Waals surface area contributed by atoms with Crippen LogP contribution in [0.4, 0.5) is 0 Å². The van der Waals surface area contributed by atoms with Crippen LogP contribution in [-0.2, 0) is 17.6 Å². The zero-order valence-corrected chi connectivity index (χ0v) is 15.5. The summed E-state index contributed by atoms with van der Waals surface area (Å²) < 4.78 is 0. The first-order valence-electron chi connectivity index (χ1n) is 8.34. The quantitative estimate of drug-likeness (QED) is 0.493. The van der Waals surface area contributed by atoms with E-state index in [9.17, 15) is 4.79 Å². The summed E-state index contributed by atoms with van der Waals surface area (Å²) >= 11 is 1.70. The standard InChI is InChI=1S/C18H25N5OS/c1-14-12-22-17(25-14)9-11-21-18(19-2)23-13-16(24)20-10-8-15-6-4-3-5-7-15/h3-7,12H,8-11,13H2,1-2H3,(H,20,24)(H2,19,21,23). The van der Waals surface area contributed by atoms with Gasteiger partial charge in [0, 0.05) is 37.6 Å². The first kappa shape index (κ1) is 18.9. The molecule has 1 amide bonds. The van der Waals surface area contributed by atoms with Crippen LogP contribution < -0.4 is 16.0 Å². The van der Waals surface area contributed by atoms with Crippen molar-refractivity contribution in [2.24, 2.45) is 4.99 Å². The van der Waals surface area contributed by atoms with E-state index in [0.717, 1.165) is 24.4 Å². The monoisotopic (exact) mass is 359 g/mol. The van der Waals surface area contributed by atoms with E-state index < -0.39 is 0 Å². The molecule has 0 unspecified atom stereocenters. The molecule has 0 bridgehead atoms. The number of hydrogen-bond acceptors (Lipinski definition) is 4. The Morgan fingerprint density at radius 2 is 1.88 bits per heavy atom. The van der Waals surface area contributed by atoms with Crippen molar-refractivity contribution >= 4 is 23.2 Å². The molecule has 1 heterocycles. The fourth-order valence-electron chi connectivity index (χ4n) is 2.24. The van der Waals surface area contributed by atoms with Crippen LogP contribution in [0.25, 0.3) is 0 Å². The molecule has 2 aromatic rings. The maximum absolute atomic E-state index is 11.9. The van der Waals surface area contributed by atoms with Crippen LogP contribution in [0.15, 0.2) is 41.5 Å². The zero-order chi connectivity index (χ0) is 17.9. The highest BCUT2D eigenvalue weighted by atomic mass is 32.1. The Balaban J connectivity index is 1.60. The number of rotatable bonds is 8. The van der Waals surface area contributed by atoms with Crippen LogP contribution in [-0.4, -0.2) is 43.5 Å². The number of carbonyl (C=O) groups excluding carboxylic acids is 1. The van der Waals surface area contributed by atoms with E-state index in [0.29, 0.717) is 12.5 Å². The molecule has 0 radical (unpaired) electrons. The number of benzene rings is 1. The highest BCUT2D eigenvalue weighted by Crippen LogP contribution is 2.10. The molecule has 2 rings (SSSR count). The van der Waals surface area contributed by atoms with E-state index in [4.69, 9.17) is 0 Å². The highest BCUT2D eigenvalue weighted by molar-refractivity contribution is 7.11. The van der Waals surface area contributed by atoms with Crippen molar-refractivity contribution in [3.8, 4) is 0 Å². The average Bonchev–Trinajstić information content (AvgIpc) is 3.04. The molecule has 1 aromatic carbocycles. The van der Waals surface area contributed by atoms with Gasteiger partial charge in [-0.2, -0.15) is 0 Å². The van der Waals surface area contributed by atoms with E-state index >= 15 is 0 Å². The third-order valence-electron chi connectivity index (χ3n) is 3.52. The molecule has 0 atom stereocenters. The number of aliphatic imine (C=N–C) groups is 1.